The van der Waals surface area contributed by atoms with Gasteiger partial charge in [-0.25, -0.2) is 20.3 Å². The molecule has 4 aliphatic rings. The Labute approximate surface area is 272 Å². The van der Waals surface area contributed by atoms with Crippen LogP contribution in [0.15, 0.2) is 77.5 Å². The zero-order valence-electron chi connectivity index (χ0n) is 25.4. The molecule has 0 bridgehead atoms. The number of ether oxygens (including phenoxy) is 1. The number of benzene rings is 2. The minimum absolute atomic E-state index is 0.0395. The number of aliphatic imine (C=N–C) groups is 1. The molecular weight excluding hydrogens is 610 g/mol. The van der Waals surface area contributed by atoms with Crippen LogP contribution in [0.1, 0.15) is 12.0 Å². The summed E-state index contributed by atoms with van der Waals surface area (Å²) in [5, 5.41) is 11.9. The molecule has 2 aromatic carbocycles. The number of likely N-dealkylation sites (N-methyl/N-ethyl adjacent to an activating group) is 1. The van der Waals surface area contributed by atoms with E-state index in [2.05, 4.69) is 22.4 Å². The lowest BCUT2D eigenvalue weighted by atomic mass is 9.82. The van der Waals surface area contributed by atoms with Crippen LogP contribution in [0.5, 0.6) is 0 Å². The van der Waals surface area contributed by atoms with Gasteiger partial charge in [0.1, 0.15) is 36.3 Å². The number of likely N-dealkylation sites (tertiary alicyclic amines) is 1. The maximum absolute atomic E-state index is 14.6. The number of dihydropyridines is 1. The van der Waals surface area contributed by atoms with Crippen LogP contribution in [0.25, 0.3) is 21.2 Å². The summed E-state index contributed by atoms with van der Waals surface area (Å²) >= 11 is 6.47. The number of amides is 1. The zero-order chi connectivity index (χ0) is 32.5. The second-order valence-corrected chi connectivity index (χ2v) is 12.4. The van der Waals surface area contributed by atoms with Gasteiger partial charge in [0.15, 0.2) is 0 Å². The molecular formula is C35H33ClF2N6O2. The van der Waals surface area contributed by atoms with Crippen LogP contribution in [0, 0.1) is 29.6 Å². The first kappa shape index (κ1) is 31.5. The van der Waals surface area contributed by atoms with Crippen LogP contribution in [0.4, 0.5) is 8.78 Å². The standard InChI is InChI=1S/C35H33ClF2N6O2/c1-4-31(45)44-13-12-43(19-25(44)17-40-2)34-27-10-8-22(26-7-5-6-21-9-11-29(38)33(36)32(21)26)14-30(27)41-35(28(34)16-39)46-20-24-15-23(37)18-42(24)3/h4-11,14,23-25,27,30H,1,12-13,15,17-20H2,3H3/t23-,24+,25+,27?,30?/m1/s1. The molecule has 0 radical (unpaired) electrons. The summed E-state index contributed by atoms with van der Waals surface area (Å²) < 4.78 is 35.0. The van der Waals surface area contributed by atoms with E-state index >= 15 is 0 Å². The second-order valence-electron chi connectivity index (χ2n) is 12.0. The van der Waals surface area contributed by atoms with E-state index in [9.17, 15) is 18.8 Å². The van der Waals surface area contributed by atoms with Gasteiger partial charge in [-0.05, 0) is 42.1 Å². The minimum atomic E-state index is -0.946. The Kier molecular flexibility index (Phi) is 8.95. The summed E-state index contributed by atoms with van der Waals surface area (Å²) in [4.78, 5) is 26.7. The maximum Gasteiger partial charge on any atom is 0.246 e. The molecule has 46 heavy (non-hydrogen) atoms. The third-order valence-corrected chi connectivity index (χ3v) is 9.61. The van der Waals surface area contributed by atoms with Crippen molar-refractivity contribution in [1.82, 2.24) is 14.7 Å². The molecule has 5 atom stereocenters. The van der Waals surface area contributed by atoms with Gasteiger partial charge in [-0.15, -0.1) is 0 Å². The van der Waals surface area contributed by atoms with Crippen molar-refractivity contribution < 1.29 is 18.3 Å². The first-order valence-corrected chi connectivity index (χ1v) is 15.6. The van der Waals surface area contributed by atoms with Crippen molar-refractivity contribution in [3.05, 3.63) is 100 Å². The number of carbonyl (C=O) groups is 1. The Balaban J connectivity index is 1.40. The van der Waals surface area contributed by atoms with E-state index < -0.39 is 24.1 Å². The molecule has 0 aromatic heterocycles. The van der Waals surface area contributed by atoms with Crippen molar-refractivity contribution in [2.24, 2.45) is 10.9 Å². The van der Waals surface area contributed by atoms with Gasteiger partial charge in [0, 0.05) is 49.2 Å². The van der Waals surface area contributed by atoms with Crippen molar-refractivity contribution in [2.45, 2.75) is 30.7 Å². The fraction of sp³-hybridized carbons (Fsp3) is 0.371. The van der Waals surface area contributed by atoms with Gasteiger partial charge < -0.3 is 19.4 Å². The molecule has 0 spiro atoms. The Morgan fingerprint density at radius 2 is 2.11 bits per heavy atom. The number of fused-ring (bicyclic) bond motifs is 2. The second kappa shape index (κ2) is 13.1. The van der Waals surface area contributed by atoms with E-state index in [1.165, 1.54) is 12.1 Å². The molecule has 0 saturated carbocycles. The van der Waals surface area contributed by atoms with Gasteiger partial charge in [0.25, 0.3) is 0 Å². The molecule has 8 nitrogen and oxygen atoms in total. The number of piperazine rings is 1. The molecule has 2 fully saturated rings. The normalized spacial score (nSPS) is 26.3. The average molecular weight is 643 g/mol. The van der Waals surface area contributed by atoms with Crippen molar-refractivity contribution in [2.75, 3.05) is 46.4 Å². The van der Waals surface area contributed by atoms with E-state index in [0.29, 0.717) is 43.7 Å². The van der Waals surface area contributed by atoms with Gasteiger partial charge in [-0.1, -0.05) is 60.7 Å². The molecule has 2 unspecified atom stereocenters. The van der Waals surface area contributed by atoms with E-state index in [-0.39, 0.29) is 47.5 Å². The molecule has 2 aromatic rings. The van der Waals surface area contributed by atoms with Crippen LogP contribution in [0.2, 0.25) is 5.02 Å². The van der Waals surface area contributed by atoms with Crippen LogP contribution < -0.4 is 0 Å². The fourth-order valence-electron chi connectivity index (χ4n) is 6.95. The summed E-state index contributed by atoms with van der Waals surface area (Å²) in [7, 11) is 1.85. The number of halogens is 3. The van der Waals surface area contributed by atoms with Crippen LogP contribution in [-0.4, -0.2) is 97.2 Å². The molecule has 236 valence electrons. The number of alkyl halides is 1. The first-order chi connectivity index (χ1) is 22.2. The highest BCUT2D eigenvalue weighted by Gasteiger charge is 2.41. The molecule has 11 heteroatoms. The minimum Gasteiger partial charge on any atom is -0.475 e. The SMILES string of the molecule is [C-]#[N+]C[C@H]1CN(C2=C(C#N)C(OC[C@@H]3C[C@@H](F)CN3C)=NC3C=C(c4cccc5ccc(F)c(Cl)c45)C=CC23)CCN1C(=O)C=C. The Bertz CT molecular complexity index is 1790. The van der Waals surface area contributed by atoms with Crippen molar-refractivity contribution in [3.8, 4) is 6.07 Å². The largest absolute Gasteiger partial charge is 0.475 e. The number of nitrogens with zero attached hydrogens (tertiary/aromatic N) is 6. The third-order valence-electron chi connectivity index (χ3n) is 9.24. The molecule has 1 aliphatic carbocycles. The summed E-state index contributed by atoms with van der Waals surface area (Å²) in [6, 6.07) is 9.98. The predicted molar refractivity (Wildman–Crippen MR) is 174 cm³/mol. The van der Waals surface area contributed by atoms with E-state index in [4.69, 9.17) is 27.9 Å². The lowest BCUT2D eigenvalue weighted by Gasteiger charge is -2.44. The fourth-order valence-corrected chi connectivity index (χ4v) is 7.22. The number of hydrogen-bond donors (Lipinski definition) is 0. The predicted octanol–water partition coefficient (Wildman–Crippen LogP) is 5.44. The van der Waals surface area contributed by atoms with E-state index in [1.807, 2.05) is 48.4 Å². The lowest BCUT2D eigenvalue weighted by molar-refractivity contribution is -0.130. The number of allylic oxidation sites excluding steroid dienone is 2. The number of hydrogen-bond acceptors (Lipinski definition) is 6. The molecule has 6 rings (SSSR count). The highest BCUT2D eigenvalue weighted by atomic mass is 35.5. The van der Waals surface area contributed by atoms with Gasteiger partial charge in [0.05, 0.1) is 11.1 Å². The number of carbonyl (C=O) groups excluding carboxylic acids is 1. The lowest BCUT2D eigenvalue weighted by Crippen LogP contribution is -2.57. The third kappa shape index (κ3) is 5.79. The van der Waals surface area contributed by atoms with E-state index in [1.54, 1.807) is 11.0 Å². The molecule has 2 saturated heterocycles. The van der Waals surface area contributed by atoms with Crippen LogP contribution in [0.3, 0.4) is 0 Å². The van der Waals surface area contributed by atoms with Crippen LogP contribution in [-0.2, 0) is 9.53 Å². The van der Waals surface area contributed by atoms with Gasteiger partial charge in [0.2, 0.25) is 18.3 Å². The summed E-state index contributed by atoms with van der Waals surface area (Å²) in [6.07, 6.45) is 6.55. The maximum atomic E-state index is 14.6. The topological polar surface area (TPSA) is 76.5 Å². The molecule has 3 heterocycles. The highest BCUT2D eigenvalue weighted by Crippen LogP contribution is 2.41. The van der Waals surface area contributed by atoms with Crippen LogP contribution >= 0.6 is 11.6 Å². The Hall–Kier alpha value is -4.51. The molecule has 3 aliphatic heterocycles. The Morgan fingerprint density at radius 1 is 1.28 bits per heavy atom. The van der Waals surface area contributed by atoms with Gasteiger partial charge in [-0.2, -0.15) is 5.26 Å². The Morgan fingerprint density at radius 3 is 2.83 bits per heavy atom. The average Bonchev–Trinajstić information content (AvgIpc) is 3.39. The monoisotopic (exact) mass is 642 g/mol. The van der Waals surface area contributed by atoms with Gasteiger partial charge in [-0.3, -0.25) is 9.69 Å². The summed E-state index contributed by atoms with van der Waals surface area (Å²) in [6.45, 7) is 12.8. The quantitative estimate of drug-likeness (QED) is 0.310. The van der Waals surface area contributed by atoms with Gasteiger partial charge >= 0.3 is 0 Å². The highest BCUT2D eigenvalue weighted by molar-refractivity contribution is 6.36. The van der Waals surface area contributed by atoms with Crippen molar-refractivity contribution in [1.29, 1.82) is 5.26 Å². The number of rotatable bonds is 6. The molecule has 1 amide bonds. The zero-order valence-corrected chi connectivity index (χ0v) is 26.1. The smallest absolute Gasteiger partial charge is 0.246 e. The molecule has 0 N–H and O–H groups in total. The van der Waals surface area contributed by atoms with Crippen molar-refractivity contribution >= 4 is 39.8 Å². The number of nitriles is 1. The summed E-state index contributed by atoms with van der Waals surface area (Å²) in [5.41, 5.74) is 2.53. The first-order valence-electron chi connectivity index (χ1n) is 15.2. The van der Waals surface area contributed by atoms with E-state index in [0.717, 1.165) is 16.5 Å². The van der Waals surface area contributed by atoms with Crippen molar-refractivity contribution in [3.63, 3.8) is 0 Å². The summed E-state index contributed by atoms with van der Waals surface area (Å²) in [5.74, 6) is -0.913.